The number of aromatic nitrogens is 2. The summed E-state index contributed by atoms with van der Waals surface area (Å²) in [5, 5.41) is 4.73. The van der Waals surface area contributed by atoms with E-state index in [4.69, 9.17) is 17.0 Å². The molecule has 0 amide bonds. The lowest BCUT2D eigenvalue weighted by Gasteiger charge is -2.28. The smallest absolute Gasteiger partial charge is 0.139 e. The molecule has 0 bridgehead atoms. The molecule has 2 aromatic heterocycles. The fourth-order valence-corrected chi connectivity index (χ4v) is 6.14. The van der Waals surface area contributed by atoms with Crippen LogP contribution in [-0.2, 0) is 24.3 Å². The van der Waals surface area contributed by atoms with Gasteiger partial charge in [-0.2, -0.15) is 0 Å². The minimum Gasteiger partial charge on any atom is -0.374 e. The van der Waals surface area contributed by atoms with Gasteiger partial charge in [0.25, 0.3) is 0 Å². The van der Waals surface area contributed by atoms with Crippen molar-refractivity contribution in [3.8, 4) is 0 Å². The number of nitrogens with zero attached hydrogens (tertiary/aromatic N) is 4. The third kappa shape index (κ3) is 6.86. The van der Waals surface area contributed by atoms with Crippen LogP contribution in [0.5, 0.6) is 0 Å². The summed E-state index contributed by atoms with van der Waals surface area (Å²) >= 11 is 7.42. The van der Waals surface area contributed by atoms with Gasteiger partial charge in [0.1, 0.15) is 27.8 Å². The van der Waals surface area contributed by atoms with Crippen molar-refractivity contribution in [1.82, 2.24) is 19.8 Å². The summed E-state index contributed by atoms with van der Waals surface area (Å²) in [6.45, 7) is 3.23. The first-order valence-corrected chi connectivity index (χ1v) is 14.2. The van der Waals surface area contributed by atoms with Crippen LogP contribution >= 0.6 is 23.6 Å². The highest BCUT2D eigenvalue weighted by molar-refractivity contribution is 7.80. The molecule has 9 heteroatoms. The van der Waals surface area contributed by atoms with Gasteiger partial charge in [-0.1, -0.05) is 60.8 Å². The maximum atomic E-state index is 13.6. The lowest BCUT2D eigenvalue weighted by atomic mass is 10.0. The zero-order valence-electron chi connectivity index (χ0n) is 22.1. The number of likely N-dealkylation sites (N-methyl/N-ethyl adjacent to an activating group) is 1. The summed E-state index contributed by atoms with van der Waals surface area (Å²) in [5.74, 6) is 0.547. The van der Waals surface area contributed by atoms with Crippen molar-refractivity contribution in [2.24, 2.45) is 0 Å². The van der Waals surface area contributed by atoms with Crippen LogP contribution in [0.3, 0.4) is 0 Å². The average Bonchev–Trinajstić information content (AvgIpc) is 3.31. The summed E-state index contributed by atoms with van der Waals surface area (Å²) < 4.78 is 19.7. The van der Waals surface area contributed by atoms with E-state index in [0.29, 0.717) is 13.2 Å². The minimum absolute atomic E-state index is 0.136. The summed E-state index contributed by atoms with van der Waals surface area (Å²) in [4.78, 5) is 16.8. The van der Waals surface area contributed by atoms with Crippen molar-refractivity contribution in [1.29, 1.82) is 0 Å². The highest BCUT2D eigenvalue weighted by Gasteiger charge is 2.25. The van der Waals surface area contributed by atoms with Gasteiger partial charge in [0.05, 0.1) is 31.2 Å². The molecule has 1 unspecified atom stereocenters. The molecule has 1 aliphatic heterocycles. The van der Waals surface area contributed by atoms with E-state index < -0.39 is 0 Å². The fraction of sp³-hybridized carbons (Fsp3) is 0.300. The molecular weight excluding hydrogens is 529 g/mol. The number of ether oxygens (including phenoxy) is 1. The first-order chi connectivity index (χ1) is 19.0. The average molecular weight is 562 g/mol. The normalized spacial score (nSPS) is 14.2. The lowest BCUT2D eigenvalue weighted by molar-refractivity contribution is 0.112. The van der Waals surface area contributed by atoms with Crippen LogP contribution in [0.1, 0.15) is 27.6 Å². The third-order valence-corrected chi connectivity index (χ3v) is 8.15. The van der Waals surface area contributed by atoms with Gasteiger partial charge in [-0.25, -0.2) is 14.4 Å². The van der Waals surface area contributed by atoms with Crippen LogP contribution in [0.15, 0.2) is 73.1 Å². The first kappa shape index (κ1) is 27.3. The first-order valence-electron chi connectivity index (χ1n) is 13.0. The Morgan fingerprint density at radius 1 is 1.21 bits per heavy atom. The monoisotopic (exact) mass is 561 g/mol. The van der Waals surface area contributed by atoms with Crippen LogP contribution in [0.2, 0.25) is 0 Å². The molecule has 4 aromatic rings. The number of nitrogens with one attached hydrogen (secondary N) is 1. The van der Waals surface area contributed by atoms with Crippen molar-refractivity contribution < 1.29 is 9.13 Å². The van der Waals surface area contributed by atoms with Gasteiger partial charge in [0.15, 0.2) is 0 Å². The molecule has 202 valence electrons. The summed E-state index contributed by atoms with van der Waals surface area (Å²) in [6, 6.07) is 16.6. The minimum atomic E-state index is -0.261. The predicted octanol–water partition coefficient (Wildman–Crippen LogP) is 6.00. The maximum absolute atomic E-state index is 13.6. The topological polar surface area (TPSA) is 53.5 Å². The van der Waals surface area contributed by atoms with E-state index in [-0.39, 0.29) is 11.9 Å². The molecule has 0 radical (unpaired) electrons. The Labute approximate surface area is 238 Å². The van der Waals surface area contributed by atoms with Gasteiger partial charge in [-0.3, -0.25) is 0 Å². The van der Waals surface area contributed by atoms with Crippen LogP contribution < -0.4 is 5.32 Å². The van der Waals surface area contributed by atoms with E-state index in [0.717, 1.165) is 58.2 Å². The van der Waals surface area contributed by atoms with E-state index in [2.05, 4.69) is 43.3 Å². The summed E-state index contributed by atoms with van der Waals surface area (Å²) in [7, 11) is 4.09. The Kier molecular flexibility index (Phi) is 8.93. The SMILES string of the molecule is CN(C)C/C=C/C(=S)N1CCc2c(sc3ncnc(NC(COCc4cccc(F)c4)c4ccccc4)c23)C1. The number of hydrogen-bond acceptors (Lipinski definition) is 7. The molecule has 0 saturated heterocycles. The quantitative estimate of drug-likeness (QED) is 0.188. The van der Waals surface area contributed by atoms with E-state index in [9.17, 15) is 4.39 Å². The number of halogens is 1. The van der Waals surface area contributed by atoms with E-state index in [1.54, 1.807) is 23.7 Å². The standard InChI is InChI=1S/C30H32FN5OS2/c1-35(2)14-7-12-27(38)36-15-13-24-26(17-36)39-30-28(24)29(32-20-33-30)34-25(22-9-4-3-5-10-22)19-37-18-21-8-6-11-23(31)16-21/h3-12,16,20,25H,13-15,17-19H2,1-2H3,(H,32,33,34)/b12-7+. The highest BCUT2D eigenvalue weighted by atomic mass is 32.1. The van der Waals surface area contributed by atoms with Gasteiger partial charge >= 0.3 is 0 Å². The second-order valence-corrected chi connectivity index (χ2v) is 11.3. The van der Waals surface area contributed by atoms with Gasteiger partial charge in [0, 0.05) is 18.0 Å². The second-order valence-electron chi connectivity index (χ2n) is 9.83. The van der Waals surface area contributed by atoms with Crippen LogP contribution in [-0.4, -0.2) is 58.5 Å². The summed E-state index contributed by atoms with van der Waals surface area (Å²) in [6.07, 6.45) is 6.64. The Bertz CT molecular complexity index is 1460. The number of fused-ring (bicyclic) bond motifs is 3. The zero-order chi connectivity index (χ0) is 27.2. The predicted molar refractivity (Wildman–Crippen MR) is 161 cm³/mol. The van der Waals surface area contributed by atoms with E-state index in [1.165, 1.54) is 22.6 Å². The molecule has 0 fully saturated rings. The van der Waals surface area contributed by atoms with E-state index >= 15 is 0 Å². The molecule has 0 aliphatic carbocycles. The molecule has 1 atom stereocenters. The lowest BCUT2D eigenvalue weighted by Crippen LogP contribution is -2.33. The Balaban J connectivity index is 1.35. The molecule has 1 aliphatic rings. The second kappa shape index (κ2) is 12.7. The van der Waals surface area contributed by atoms with Gasteiger partial charge < -0.3 is 19.9 Å². The maximum Gasteiger partial charge on any atom is 0.139 e. The van der Waals surface area contributed by atoms with Gasteiger partial charge in [-0.15, -0.1) is 11.3 Å². The van der Waals surface area contributed by atoms with Crippen LogP contribution in [0, 0.1) is 5.82 Å². The molecule has 3 heterocycles. The van der Waals surface area contributed by atoms with Crippen molar-refractivity contribution >= 4 is 44.6 Å². The Morgan fingerprint density at radius 2 is 2.05 bits per heavy atom. The van der Waals surface area contributed by atoms with Crippen molar-refractivity contribution in [3.63, 3.8) is 0 Å². The van der Waals surface area contributed by atoms with Crippen molar-refractivity contribution in [2.75, 3.05) is 39.1 Å². The molecular formula is C30H32FN5OS2. The Hall–Kier alpha value is -3.24. The largest absolute Gasteiger partial charge is 0.374 e. The number of anilines is 1. The molecule has 1 N–H and O–H groups in total. The molecule has 2 aromatic carbocycles. The number of benzene rings is 2. The van der Waals surface area contributed by atoms with Crippen LogP contribution in [0.25, 0.3) is 10.2 Å². The summed E-state index contributed by atoms with van der Waals surface area (Å²) in [5.41, 5.74) is 3.19. The Morgan fingerprint density at radius 3 is 2.85 bits per heavy atom. The zero-order valence-corrected chi connectivity index (χ0v) is 23.8. The number of thiophene rings is 1. The molecule has 0 spiro atoms. The third-order valence-electron chi connectivity index (χ3n) is 6.63. The number of rotatable bonds is 10. The molecule has 5 rings (SSSR count). The van der Waals surface area contributed by atoms with Crippen molar-refractivity contribution in [3.05, 3.63) is 100 Å². The van der Waals surface area contributed by atoms with E-state index in [1.807, 2.05) is 44.4 Å². The highest BCUT2D eigenvalue weighted by Crippen LogP contribution is 2.38. The number of hydrogen-bond donors (Lipinski definition) is 1. The van der Waals surface area contributed by atoms with Crippen molar-refractivity contribution in [2.45, 2.75) is 25.6 Å². The molecule has 39 heavy (non-hydrogen) atoms. The fourth-order valence-electron chi connectivity index (χ4n) is 4.69. The number of thiocarbonyl (C=S) groups is 1. The van der Waals surface area contributed by atoms with Gasteiger partial charge in [-0.05, 0) is 55.4 Å². The molecule has 6 nitrogen and oxygen atoms in total. The molecule has 0 saturated carbocycles. The van der Waals surface area contributed by atoms with Gasteiger partial charge in [0.2, 0.25) is 0 Å². The van der Waals surface area contributed by atoms with Crippen LogP contribution in [0.4, 0.5) is 10.2 Å².